The zero-order valence-electron chi connectivity index (χ0n) is 8.02. The summed E-state index contributed by atoms with van der Waals surface area (Å²) in [7, 11) is 0. The van der Waals surface area contributed by atoms with Gasteiger partial charge in [-0.2, -0.15) is 0 Å². The lowest BCUT2D eigenvalue weighted by Crippen LogP contribution is -1.93. The van der Waals surface area contributed by atoms with Crippen LogP contribution in [0, 0.1) is 3.57 Å². The van der Waals surface area contributed by atoms with E-state index in [9.17, 15) is 0 Å². The van der Waals surface area contributed by atoms with Gasteiger partial charge in [0.25, 0.3) is 0 Å². The van der Waals surface area contributed by atoms with E-state index in [2.05, 4.69) is 48.5 Å². The van der Waals surface area contributed by atoms with Crippen LogP contribution in [0.15, 0.2) is 35.1 Å². The molecule has 0 aliphatic carbocycles. The number of nitrogens with zero attached hydrogens (tertiary/aromatic N) is 2. The maximum atomic E-state index is 5.69. The molecule has 1 heterocycles. The van der Waals surface area contributed by atoms with Crippen LogP contribution in [0.25, 0.3) is 0 Å². The molecule has 0 atom stereocenters. The molecule has 82 valence electrons. The molecule has 16 heavy (non-hydrogen) atoms. The first-order valence-electron chi connectivity index (χ1n) is 4.35. The third-order valence-electron chi connectivity index (χ3n) is 1.70. The van der Waals surface area contributed by atoms with Crippen LogP contribution in [0.5, 0.6) is 11.8 Å². The minimum Gasteiger partial charge on any atom is -0.424 e. The second-order valence-electron chi connectivity index (χ2n) is 3.01. The number of ether oxygens (including phenoxy) is 1. The monoisotopic (exact) mass is 391 g/mol. The van der Waals surface area contributed by atoms with Gasteiger partial charge in [0.15, 0.2) is 0 Å². The van der Waals surface area contributed by atoms with Gasteiger partial charge in [-0.3, -0.25) is 0 Å². The Labute approximate surface area is 115 Å². The molecule has 0 saturated carbocycles. The van der Waals surface area contributed by atoms with Crippen LogP contribution in [0.2, 0.25) is 0 Å². The lowest BCUT2D eigenvalue weighted by molar-refractivity contribution is 0.441. The molecule has 0 radical (unpaired) electrons. The molecule has 6 heteroatoms. The molecule has 4 nitrogen and oxygen atoms in total. The van der Waals surface area contributed by atoms with Gasteiger partial charge in [0.05, 0.1) is 0 Å². The first-order valence-corrected chi connectivity index (χ1v) is 6.22. The second kappa shape index (κ2) is 4.96. The van der Waals surface area contributed by atoms with Crippen molar-refractivity contribution in [3.05, 3.63) is 38.6 Å². The molecule has 0 bridgehead atoms. The number of anilines is 1. The fourth-order valence-electron chi connectivity index (χ4n) is 1.10. The summed E-state index contributed by atoms with van der Waals surface area (Å²) in [5.74, 6) is 0.605. The summed E-state index contributed by atoms with van der Waals surface area (Å²) in [6.07, 6.45) is 3.37. The second-order valence-corrected chi connectivity index (χ2v) is 5.17. The standard InChI is InChI=1S/C10H7BrIN3O/c11-6-1-8(13)3-9(2-6)16-10-14-4-7(12)5-15-10/h1-5H,13H2. The SMILES string of the molecule is Nc1cc(Br)cc(Oc2ncc(I)cn2)c1. The van der Waals surface area contributed by atoms with Gasteiger partial charge >= 0.3 is 6.01 Å². The molecule has 0 amide bonds. The fraction of sp³-hybridized carbons (Fsp3) is 0. The lowest BCUT2D eigenvalue weighted by Gasteiger charge is -2.04. The Balaban J connectivity index is 2.23. The number of nitrogen functional groups attached to an aromatic ring is 1. The molecule has 0 unspecified atom stereocenters. The highest BCUT2D eigenvalue weighted by atomic mass is 127. The van der Waals surface area contributed by atoms with Gasteiger partial charge in [-0.05, 0) is 34.7 Å². The Morgan fingerprint density at radius 3 is 2.50 bits per heavy atom. The average molecular weight is 392 g/mol. The van der Waals surface area contributed by atoms with Crippen molar-refractivity contribution in [2.24, 2.45) is 0 Å². The number of hydrogen-bond acceptors (Lipinski definition) is 4. The summed E-state index contributed by atoms with van der Waals surface area (Å²) in [6, 6.07) is 5.61. The Morgan fingerprint density at radius 1 is 1.19 bits per heavy atom. The largest absolute Gasteiger partial charge is 0.424 e. The molecule has 2 rings (SSSR count). The van der Waals surface area contributed by atoms with E-state index in [1.807, 2.05) is 0 Å². The number of halogens is 2. The molecule has 1 aromatic carbocycles. The van der Waals surface area contributed by atoms with Gasteiger partial charge in [0.2, 0.25) is 0 Å². The van der Waals surface area contributed by atoms with Crippen molar-refractivity contribution in [1.82, 2.24) is 9.97 Å². The van der Waals surface area contributed by atoms with Crippen molar-refractivity contribution in [2.75, 3.05) is 5.73 Å². The number of benzene rings is 1. The lowest BCUT2D eigenvalue weighted by atomic mass is 10.3. The molecule has 1 aromatic heterocycles. The Hall–Kier alpha value is -0.890. The minimum atomic E-state index is 0.304. The highest BCUT2D eigenvalue weighted by Gasteiger charge is 2.02. The number of hydrogen-bond donors (Lipinski definition) is 1. The molecule has 0 fully saturated rings. The van der Waals surface area contributed by atoms with Crippen molar-refractivity contribution in [3.8, 4) is 11.8 Å². The molecule has 0 saturated heterocycles. The van der Waals surface area contributed by atoms with Crippen LogP contribution < -0.4 is 10.5 Å². The van der Waals surface area contributed by atoms with E-state index in [1.54, 1.807) is 30.6 Å². The predicted octanol–water partition coefficient (Wildman–Crippen LogP) is 3.22. The van der Waals surface area contributed by atoms with Crippen LogP contribution in [0.3, 0.4) is 0 Å². The van der Waals surface area contributed by atoms with Gasteiger partial charge in [-0.1, -0.05) is 15.9 Å². The van der Waals surface area contributed by atoms with Crippen molar-refractivity contribution in [1.29, 1.82) is 0 Å². The summed E-state index contributed by atoms with van der Waals surface area (Å²) in [5, 5.41) is 0. The Kier molecular flexibility index (Phi) is 3.59. The van der Waals surface area contributed by atoms with Crippen molar-refractivity contribution >= 4 is 44.2 Å². The van der Waals surface area contributed by atoms with E-state index < -0.39 is 0 Å². The summed E-state index contributed by atoms with van der Waals surface area (Å²) in [4.78, 5) is 8.07. The first kappa shape index (κ1) is 11.6. The van der Waals surface area contributed by atoms with Gasteiger partial charge in [0, 0.05) is 32.2 Å². The summed E-state index contributed by atoms with van der Waals surface area (Å²) in [5.41, 5.74) is 6.31. The van der Waals surface area contributed by atoms with Crippen molar-refractivity contribution in [3.63, 3.8) is 0 Å². The average Bonchev–Trinajstić information content (AvgIpc) is 2.20. The molecule has 0 aliphatic rings. The molecular weight excluding hydrogens is 385 g/mol. The molecular formula is C10H7BrIN3O. The smallest absolute Gasteiger partial charge is 0.321 e. The normalized spacial score (nSPS) is 10.1. The maximum absolute atomic E-state index is 5.69. The molecule has 2 aromatic rings. The Morgan fingerprint density at radius 2 is 1.88 bits per heavy atom. The fourth-order valence-corrected chi connectivity index (χ4v) is 1.87. The Bertz CT molecular complexity index is 484. The van der Waals surface area contributed by atoms with E-state index >= 15 is 0 Å². The van der Waals surface area contributed by atoms with Crippen LogP contribution in [-0.4, -0.2) is 9.97 Å². The highest BCUT2D eigenvalue weighted by Crippen LogP contribution is 2.25. The van der Waals surface area contributed by atoms with Crippen LogP contribution in [-0.2, 0) is 0 Å². The third-order valence-corrected chi connectivity index (χ3v) is 2.71. The predicted molar refractivity (Wildman–Crippen MR) is 73.4 cm³/mol. The van der Waals surface area contributed by atoms with Gasteiger partial charge in [-0.15, -0.1) is 0 Å². The van der Waals surface area contributed by atoms with E-state index in [1.165, 1.54) is 0 Å². The van der Waals surface area contributed by atoms with Gasteiger partial charge in [-0.25, -0.2) is 9.97 Å². The molecule has 0 aliphatic heterocycles. The number of rotatable bonds is 2. The van der Waals surface area contributed by atoms with E-state index in [4.69, 9.17) is 10.5 Å². The van der Waals surface area contributed by atoms with E-state index in [-0.39, 0.29) is 0 Å². The summed E-state index contributed by atoms with van der Waals surface area (Å²) < 4.78 is 7.27. The van der Waals surface area contributed by atoms with E-state index in [0.717, 1.165) is 8.04 Å². The first-order chi connectivity index (χ1) is 7.63. The zero-order chi connectivity index (χ0) is 11.5. The third kappa shape index (κ3) is 3.05. The minimum absolute atomic E-state index is 0.304. The number of nitrogens with two attached hydrogens (primary N) is 1. The number of aromatic nitrogens is 2. The molecule has 2 N–H and O–H groups in total. The van der Waals surface area contributed by atoms with Crippen molar-refractivity contribution in [2.45, 2.75) is 0 Å². The van der Waals surface area contributed by atoms with Crippen LogP contribution in [0.1, 0.15) is 0 Å². The van der Waals surface area contributed by atoms with Gasteiger partial charge < -0.3 is 10.5 Å². The quantitative estimate of drug-likeness (QED) is 0.630. The topological polar surface area (TPSA) is 61.0 Å². The van der Waals surface area contributed by atoms with Crippen molar-refractivity contribution < 1.29 is 4.74 Å². The summed E-state index contributed by atoms with van der Waals surface area (Å²) in [6.45, 7) is 0. The molecule has 0 spiro atoms. The van der Waals surface area contributed by atoms with Crippen LogP contribution >= 0.6 is 38.5 Å². The van der Waals surface area contributed by atoms with Crippen LogP contribution in [0.4, 0.5) is 5.69 Å². The maximum Gasteiger partial charge on any atom is 0.321 e. The summed E-state index contributed by atoms with van der Waals surface area (Å²) >= 11 is 5.47. The van der Waals surface area contributed by atoms with E-state index in [0.29, 0.717) is 17.4 Å². The highest BCUT2D eigenvalue weighted by molar-refractivity contribution is 14.1. The zero-order valence-corrected chi connectivity index (χ0v) is 11.8. The van der Waals surface area contributed by atoms with Gasteiger partial charge in [0.1, 0.15) is 5.75 Å².